The van der Waals surface area contributed by atoms with Crippen LogP contribution in [0.15, 0.2) is 28.7 Å². The first-order valence-electron chi connectivity index (χ1n) is 4.94. The number of benzene rings is 1. The number of nitrogens with zero attached hydrogens (tertiary/aromatic N) is 2. The van der Waals surface area contributed by atoms with E-state index in [4.69, 9.17) is 11.6 Å². The standard InChI is InChI=1S/C11H10BrClN2S/c12-9-5-3-8(4-6-9)11-15-14-10(16-11)2-1-7-13/h3-6H,1-2,7H2. The van der Waals surface area contributed by atoms with Gasteiger partial charge >= 0.3 is 0 Å². The van der Waals surface area contributed by atoms with E-state index in [1.165, 1.54) is 0 Å². The van der Waals surface area contributed by atoms with E-state index in [0.29, 0.717) is 5.88 Å². The summed E-state index contributed by atoms with van der Waals surface area (Å²) in [5.41, 5.74) is 1.11. The Labute approximate surface area is 112 Å². The van der Waals surface area contributed by atoms with Crippen molar-refractivity contribution in [1.82, 2.24) is 10.2 Å². The van der Waals surface area contributed by atoms with E-state index in [2.05, 4.69) is 26.1 Å². The lowest BCUT2D eigenvalue weighted by Gasteiger charge is -1.94. The molecule has 0 saturated heterocycles. The van der Waals surface area contributed by atoms with Crippen LogP contribution in [0.25, 0.3) is 10.6 Å². The van der Waals surface area contributed by atoms with E-state index in [1.807, 2.05) is 24.3 Å². The van der Waals surface area contributed by atoms with Gasteiger partial charge < -0.3 is 0 Å². The summed E-state index contributed by atoms with van der Waals surface area (Å²) in [5, 5.41) is 10.4. The molecule has 1 aromatic carbocycles. The highest BCUT2D eigenvalue weighted by molar-refractivity contribution is 9.10. The second kappa shape index (κ2) is 5.75. The van der Waals surface area contributed by atoms with Crippen molar-refractivity contribution in [1.29, 1.82) is 0 Å². The van der Waals surface area contributed by atoms with Gasteiger partial charge in [-0.05, 0) is 18.6 Å². The summed E-state index contributed by atoms with van der Waals surface area (Å²) in [7, 11) is 0. The first kappa shape index (κ1) is 12.0. The van der Waals surface area contributed by atoms with Crippen LogP contribution in [0.1, 0.15) is 11.4 Å². The van der Waals surface area contributed by atoms with Crippen LogP contribution >= 0.6 is 38.9 Å². The number of alkyl halides is 1. The molecule has 0 spiro atoms. The van der Waals surface area contributed by atoms with E-state index < -0.39 is 0 Å². The highest BCUT2D eigenvalue weighted by Crippen LogP contribution is 2.25. The van der Waals surface area contributed by atoms with E-state index in [1.54, 1.807) is 11.3 Å². The van der Waals surface area contributed by atoms with Crippen LogP contribution in [0.5, 0.6) is 0 Å². The third-order valence-corrected chi connectivity index (χ3v) is 3.91. The van der Waals surface area contributed by atoms with E-state index in [9.17, 15) is 0 Å². The van der Waals surface area contributed by atoms with Crippen LogP contribution in [0.4, 0.5) is 0 Å². The average molecular weight is 318 g/mol. The molecular formula is C11H10BrClN2S. The maximum absolute atomic E-state index is 5.64. The first-order chi connectivity index (χ1) is 7.79. The van der Waals surface area contributed by atoms with Gasteiger partial charge in [0, 0.05) is 22.3 Å². The maximum atomic E-state index is 5.64. The minimum absolute atomic E-state index is 0.674. The summed E-state index contributed by atoms with van der Waals surface area (Å²) >= 11 is 10.7. The lowest BCUT2D eigenvalue weighted by molar-refractivity contribution is 0.884. The van der Waals surface area contributed by atoms with Crippen molar-refractivity contribution in [2.45, 2.75) is 12.8 Å². The van der Waals surface area contributed by atoms with Crippen LogP contribution in [0.3, 0.4) is 0 Å². The number of hydrogen-bond donors (Lipinski definition) is 0. The molecular weight excluding hydrogens is 308 g/mol. The molecule has 2 aromatic rings. The zero-order valence-corrected chi connectivity index (χ0v) is 11.6. The zero-order valence-electron chi connectivity index (χ0n) is 8.49. The quantitative estimate of drug-likeness (QED) is 0.792. The van der Waals surface area contributed by atoms with E-state index in [0.717, 1.165) is 32.9 Å². The molecule has 1 aromatic heterocycles. The lowest BCUT2D eigenvalue weighted by Crippen LogP contribution is -1.84. The van der Waals surface area contributed by atoms with E-state index >= 15 is 0 Å². The predicted molar refractivity (Wildman–Crippen MR) is 72.1 cm³/mol. The van der Waals surface area contributed by atoms with Crippen LogP contribution in [-0.4, -0.2) is 16.1 Å². The van der Waals surface area contributed by atoms with Gasteiger partial charge in [-0.15, -0.1) is 21.8 Å². The third-order valence-electron chi connectivity index (χ3n) is 2.08. The molecule has 0 aliphatic rings. The molecule has 2 nitrogen and oxygen atoms in total. The van der Waals surface area contributed by atoms with Crippen molar-refractivity contribution in [3.05, 3.63) is 33.7 Å². The first-order valence-corrected chi connectivity index (χ1v) is 7.08. The summed E-state index contributed by atoms with van der Waals surface area (Å²) in [6.45, 7) is 0. The Bertz CT molecular complexity index is 455. The monoisotopic (exact) mass is 316 g/mol. The van der Waals surface area contributed by atoms with Crippen molar-refractivity contribution in [2.24, 2.45) is 0 Å². The van der Waals surface area contributed by atoms with Gasteiger partial charge in [0.1, 0.15) is 10.0 Å². The van der Waals surface area contributed by atoms with Gasteiger partial charge in [-0.1, -0.05) is 39.4 Å². The number of rotatable bonds is 4. The van der Waals surface area contributed by atoms with Crippen LogP contribution in [0.2, 0.25) is 0 Å². The molecule has 0 fully saturated rings. The minimum Gasteiger partial charge on any atom is -0.143 e. The molecule has 84 valence electrons. The summed E-state index contributed by atoms with van der Waals surface area (Å²) in [6, 6.07) is 8.09. The van der Waals surface area contributed by atoms with E-state index in [-0.39, 0.29) is 0 Å². The lowest BCUT2D eigenvalue weighted by atomic mass is 10.2. The Balaban J connectivity index is 2.15. The molecule has 0 amide bonds. The largest absolute Gasteiger partial charge is 0.147 e. The Morgan fingerprint density at radius 2 is 1.94 bits per heavy atom. The maximum Gasteiger partial charge on any atom is 0.147 e. The highest BCUT2D eigenvalue weighted by atomic mass is 79.9. The molecule has 0 aliphatic carbocycles. The van der Waals surface area contributed by atoms with Crippen LogP contribution in [-0.2, 0) is 6.42 Å². The molecule has 0 saturated carbocycles. The number of halogens is 2. The zero-order chi connectivity index (χ0) is 11.4. The highest BCUT2D eigenvalue weighted by Gasteiger charge is 2.05. The molecule has 0 atom stereocenters. The number of aromatic nitrogens is 2. The molecule has 0 aliphatic heterocycles. The fraction of sp³-hybridized carbons (Fsp3) is 0.273. The molecule has 5 heteroatoms. The predicted octanol–water partition coefficient (Wildman–Crippen LogP) is 4.14. The van der Waals surface area contributed by atoms with Gasteiger partial charge in [0.05, 0.1) is 0 Å². The normalized spacial score (nSPS) is 10.6. The fourth-order valence-electron chi connectivity index (χ4n) is 1.28. The smallest absolute Gasteiger partial charge is 0.143 e. The van der Waals surface area contributed by atoms with Crippen LogP contribution < -0.4 is 0 Å². The second-order valence-corrected chi connectivity index (χ2v) is 5.66. The van der Waals surface area contributed by atoms with Crippen molar-refractivity contribution in [3.63, 3.8) is 0 Å². The van der Waals surface area contributed by atoms with Gasteiger partial charge in [-0.25, -0.2) is 0 Å². The molecule has 0 radical (unpaired) electrons. The summed E-state index contributed by atoms with van der Waals surface area (Å²) in [4.78, 5) is 0. The van der Waals surface area contributed by atoms with Gasteiger partial charge in [-0.2, -0.15) is 0 Å². The molecule has 0 bridgehead atoms. The van der Waals surface area contributed by atoms with Crippen molar-refractivity contribution < 1.29 is 0 Å². The number of hydrogen-bond acceptors (Lipinski definition) is 3. The Morgan fingerprint density at radius 1 is 1.19 bits per heavy atom. The minimum atomic E-state index is 0.674. The van der Waals surface area contributed by atoms with Gasteiger partial charge in [0.15, 0.2) is 0 Å². The topological polar surface area (TPSA) is 25.8 Å². The van der Waals surface area contributed by atoms with Gasteiger partial charge in [0.25, 0.3) is 0 Å². The molecule has 0 unspecified atom stereocenters. The fourth-order valence-corrected chi connectivity index (χ4v) is 2.57. The van der Waals surface area contributed by atoms with Gasteiger partial charge in [-0.3, -0.25) is 0 Å². The third kappa shape index (κ3) is 3.03. The molecule has 0 N–H and O–H groups in total. The average Bonchev–Trinajstić information content (AvgIpc) is 2.76. The summed E-state index contributed by atoms with van der Waals surface area (Å²) in [5.74, 6) is 0.674. The Morgan fingerprint density at radius 3 is 2.62 bits per heavy atom. The SMILES string of the molecule is ClCCCc1nnc(-c2ccc(Br)cc2)s1. The van der Waals surface area contributed by atoms with Gasteiger partial charge in [0.2, 0.25) is 0 Å². The second-order valence-electron chi connectivity index (χ2n) is 3.30. The van der Waals surface area contributed by atoms with Crippen molar-refractivity contribution in [2.75, 3.05) is 5.88 Å². The molecule has 2 rings (SSSR count). The van der Waals surface area contributed by atoms with Crippen LogP contribution in [0, 0.1) is 0 Å². The van der Waals surface area contributed by atoms with Crippen molar-refractivity contribution in [3.8, 4) is 10.6 Å². The summed E-state index contributed by atoms with van der Waals surface area (Å²) in [6.07, 6.45) is 1.87. The Hall–Kier alpha value is -0.450. The molecule has 16 heavy (non-hydrogen) atoms. The van der Waals surface area contributed by atoms with Crippen molar-refractivity contribution >= 4 is 38.9 Å². The number of aryl methyl sites for hydroxylation is 1. The molecule has 1 heterocycles. The Kier molecular flexibility index (Phi) is 4.32. The summed E-state index contributed by atoms with van der Waals surface area (Å²) < 4.78 is 1.07.